The van der Waals surface area contributed by atoms with Crippen molar-refractivity contribution in [3.63, 3.8) is 0 Å². The molecule has 1 N–H and O–H groups in total. The van der Waals surface area contributed by atoms with Crippen LogP contribution in [0.3, 0.4) is 0 Å². The summed E-state index contributed by atoms with van der Waals surface area (Å²) in [5, 5.41) is 12.0. The van der Waals surface area contributed by atoms with Gasteiger partial charge in [-0.25, -0.2) is 9.99 Å². The maximum Gasteiger partial charge on any atom is 0.263 e. The van der Waals surface area contributed by atoms with Gasteiger partial charge in [-0.2, -0.15) is 5.10 Å². The van der Waals surface area contributed by atoms with Gasteiger partial charge in [0.2, 0.25) is 5.13 Å². The van der Waals surface area contributed by atoms with E-state index in [1.165, 1.54) is 16.9 Å². The molecule has 2 aromatic carbocycles. The summed E-state index contributed by atoms with van der Waals surface area (Å²) in [5.41, 5.74) is 5.28. The Labute approximate surface area is 213 Å². The molecule has 2 heterocycles. The third-order valence-electron chi connectivity index (χ3n) is 6.34. The molecule has 0 spiro atoms. The van der Waals surface area contributed by atoms with Crippen molar-refractivity contribution in [3.05, 3.63) is 85.8 Å². The summed E-state index contributed by atoms with van der Waals surface area (Å²) >= 11 is 13.7. The Morgan fingerprint density at radius 3 is 2.47 bits per heavy atom. The van der Waals surface area contributed by atoms with Crippen LogP contribution in [0.25, 0.3) is 6.08 Å². The Bertz CT molecular complexity index is 1280. The first-order chi connectivity index (χ1) is 16.4. The van der Waals surface area contributed by atoms with E-state index in [1.54, 1.807) is 7.05 Å². The summed E-state index contributed by atoms with van der Waals surface area (Å²) < 4.78 is 0. The maximum absolute atomic E-state index is 12.4. The van der Waals surface area contributed by atoms with Crippen molar-refractivity contribution < 1.29 is 4.79 Å². The number of anilines is 1. The molecule has 0 saturated heterocycles. The van der Waals surface area contributed by atoms with Gasteiger partial charge in [0, 0.05) is 23.0 Å². The summed E-state index contributed by atoms with van der Waals surface area (Å²) in [5.74, 6) is 0.0954. The van der Waals surface area contributed by atoms with Crippen LogP contribution in [0.2, 0.25) is 10.0 Å². The van der Waals surface area contributed by atoms with Gasteiger partial charge in [0.15, 0.2) is 0 Å². The second kappa shape index (κ2) is 9.53. The van der Waals surface area contributed by atoms with Gasteiger partial charge in [-0.05, 0) is 73.2 Å². The topological polar surface area (TPSA) is 57.6 Å². The number of rotatable bonds is 4. The molecule has 0 bridgehead atoms. The fourth-order valence-corrected chi connectivity index (χ4v) is 5.97. The fraction of sp³-hybridized carbons (Fsp3) is 0.269. The van der Waals surface area contributed by atoms with Gasteiger partial charge in [-0.15, -0.1) is 0 Å². The van der Waals surface area contributed by atoms with E-state index in [0.29, 0.717) is 15.6 Å². The van der Waals surface area contributed by atoms with Gasteiger partial charge in [-0.3, -0.25) is 4.79 Å². The van der Waals surface area contributed by atoms with Crippen LogP contribution >= 0.6 is 34.5 Å². The molecule has 1 saturated carbocycles. The number of halogens is 2. The highest BCUT2D eigenvalue weighted by Crippen LogP contribution is 2.47. The highest BCUT2D eigenvalue weighted by molar-refractivity contribution is 7.17. The standard InChI is InChI=1S/C26H24Cl2N4OS/c1-15-24(25(33)29-2)34-26(30-15)32-23(17-8-12-20(28)13-9-17)21-5-3-4-18(22(21)31-32)14-16-6-10-19(27)11-7-16/h6-14,21,23H,3-5H2,1-2H3,(H,29,33). The summed E-state index contributed by atoms with van der Waals surface area (Å²) in [6, 6.07) is 15.8. The number of nitrogens with zero attached hydrogens (tertiary/aromatic N) is 3. The molecule has 0 radical (unpaired) electrons. The lowest BCUT2D eigenvalue weighted by Gasteiger charge is -2.29. The first-order valence-corrected chi connectivity index (χ1v) is 12.8. The minimum Gasteiger partial charge on any atom is -0.354 e. The predicted octanol–water partition coefficient (Wildman–Crippen LogP) is 6.92. The Balaban J connectivity index is 1.60. The molecular formula is C26H24Cl2N4OS. The molecule has 34 heavy (non-hydrogen) atoms. The number of hydrogen-bond donors (Lipinski definition) is 1. The number of nitrogens with one attached hydrogen (secondary N) is 1. The number of aryl methyl sites for hydroxylation is 1. The predicted molar refractivity (Wildman–Crippen MR) is 141 cm³/mol. The lowest BCUT2D eigenvalue weighted by molar-refractivity contribution is 0.0966. The van der Waals surface area contributed by atoms with Gasteiger partial charge >= 0.3 is 0 Å². The Morgan fingerprint density at radius 1 is 1.12 bits per heavy atom. The van der Waals surface area contributed by atoms with Crippen LogP contribution in [-0.4, -0.2) is 23.7 Å². The summed E-state index contributed by atoms with van der Waals surface area (Å²) in [4.78, 5) is 17.7. The van der Waals surface area contributed by atoms with Crippen LogP contribution in [0, 0.1) is 12.8 Å². The average Bonchev–Trinajstić information content (AvgIpc) is 3.42. The Hall–Kier alpha value is -2.67. The first-order valence-electron chi connectivity index (χ1n) is 11.2. The molecule has 1 aliphatic heterocycles. The van der Waals surface area contributed by atoms with Crippen LogP contribution in [0.15, 0.2) is 59.2 Å². The zero-order valence-electron chi connectivity index (χ0n) is 18.9. The molecule has 5 rings (SSSR count). The molecule has 2 unspecified atom stereocenters. The smallest absolute Gasteiger partial charge is 0.263 e. The van der Waals surface area contributed by atoms with E-state index >= 15 is 0 Å². The third kappa shape index (κ3) is 4.38. The van der Waals surface area contributed by atoms with Crippen molar-refractivity contribution in [1.82, 2.24) is 10.3 Å². The van der Waals surface area contributed by atoms with E-state index in [4.69, 9.17) is 33.3 Å². The lowest BCUT2D eigenvalue weighted by atomic mass is 9.77. The number of amides is 1. The number of carbonyl (C=O) groups is 1. The summed E-state index contributed by atoms with van der Waals surface area (Å²) in [6.45, 7) is 1.87. The number of hydrogen-bond acceptors (Lipinski definition) is 5. The zero-order valence-corrected chi connectivity index (χ0v) is 21.2. The van der Waals surface area contributed by atoms with Gasteiger partial charge < -0.3 is 5.32 Å². The number of benzene rings is 2. The molecule has 174 valence electrons. The number of carbonyl (C=O) groups excluding carboxylic acids is 1. The van der Waals surface area contributed by atoms with Crippen LogP contribution in [0.4, 0.5) is 5.13 Å². The quantitative estimate of drug-likeness (QED) is 0.414. The van der Waals surface area contributed by atoms with E-state index in [0.717, 1.165) is 46.3 Å². The van der Waals surface area contributed by atoms with Crippen LogP contribution in [0.1, 0.15) is 51.8 Å². The van der Waals surface area contributed by atoms with Gasteiger partial charge in [0.25, 0.3) is 5.91 Å². The first kappa shape index (κ1) is 23.1. The van der Waals surface area contributed by atoms with E-state index in [9.17, 15) is 4.79 Å². The van der Waals surface area contributed by atoms with Crippen LogP contribution in [0.5, 0.6) is 0 Å². The average molecular weight is 511 g/mol. The van der Waals surface area contributed by atoms with E-state index in [2.05, 4.69) is 23.5 Å². The van der Waals surface area contributed by atoms with Crippen molar-refractivity contribution in [3.8, 4) is 0 Å². The van der Waals surface area contributed by atoms with Crippen molar-refractivity contribution in [2.45, 2.75) is 32.2 Å². The minimum atomic E-state index is -0.128. The normalized spacial score (nSPS) is 20.9. The van der Waals surface area contributed by atoms with Gasteiger partial charge in [0.05, 0.1) is 17.4 Å². The number of hydrazone groups is 1. The maximum atomic E-state index is 12.4. The monoisotopic (exact) mass is 510 g/mol. The second-order valence-electron chi connectivity index (χ2n) is 8.54. The lowest BCUT2D eigenvalue weighted by Crippen LogP contribution is -2.28. The van der Waals surface area contributed by atoms with Crippen LogP contribution < -0.4 is 10.3 Å². The second-order valence-corrected chi connectivity index (χ2v) is 10.4. The molecule has 2 aliphatic rings. The molecule has 2 atom stereocenters. The summed E-state index contributed by atoms with van der Waals surface area (Å²) in [6.07, 6.45) is 5.31. The van der Waals surface area contributed by atoms with Crippen molar-refractivity contribution in [1.29, 1.82) is 0 Å². The zero-order chi connectivity index (χ0) is 23.8. The fourth-order valence-electron chi connectivity index (χ4n) is 4.72. The molecule has 3 aromatic rings. The van der Waals surface area contributed by atoms with Gasteiger partial charge in [0.1, 0.15) is 4.88 Å². The molecule has 1 fully saturated rings. The molecule has 1 amide bonds. The Morgan fingerprint density at radius 2 is 1.79 bits per heavy atom. The Kier molecular flexibility index (Phi) is 6.47. The molecular weight excluding hydrogens is 487 g/mol. The van der Waals surface area contributed by atoms with Crippen molar-refractivity contribution in [2.75, 3.05) is 12.1 Å². The highest BCUT2D eigenvalue weighted by Gasteiger charge is 2.43. The number of allylic oxidation sites excluding steroid dienone is 1. The molecule has 5 nitrogen and oxygen atoms in total. The summed E-state index contributed by atoms with van der Waals surface area (Å²) in [7, 11) is 1.64. The van der Waals surface area contributed by atoms with Crippen LogP contribution in [-0.2, 0) is 0 Å². The number of aromatic nitrogens is 1. The van der Waals surface area contributed by atoms with Crippen molar-refractivity contribution in [2.24, 2.45) is 11.0 Å². The van der Waals surface area contributed by atoms with E-state index in [1.807, 2.05) is 48.3 Å². The van der Waals surface area contributed by atoms with E-state index in [-0.39, 0.29) is 17.9 Å². The SMILES string of the molecule is CNC(=O)c1sc(N2N=C3C(=Cc4ccc(Cl)cc4)CCCC3C2c2ccc(Cl)cc2)nc1C. The highest BCUT2D eigenvalue weighted by atomic mass is 35.5. The number of thiazole rings is 1. The van der Waals surface area contributed by atoms with Gasteiger partial charge in [-0.1, -0.05) is 58.8 Å². The minimum absolute atomic E-state index is 0.00993. The molecule has 1 aliphatic carbocycles. The number of fused-ring (bicyclic) bond motifs is 1. The largest absolute Gasteiger partial charge is 0.354 e. The molecule has 8 heteroatoms. The van der Waals surface area contributed by atoms with Crippen molar-refractivity contribution >= 4 is 57.4 Å². The van der Waals surface area contributed by atoms with E-state index < -0.39 is 0 Å². The molecule has 1 aromatic heterocycles. The third-order valence-corrected chi connectivity index (χ3v) is 7.99.